The fraction of sp³-hybridized carbons (Fsp3) is 0.545. The Hall–Kier alpha value is -2.46. The summed E-state index contributed by atoms with van der Waals surface area (Å²) in [5, 5.41) is 14.3. The van der Waals surface area contributed by atoms with Gasteiger partial charge < -0.3 is 5.32 Å². The van der Waals surface area contributed by atoms with Crippen molar-refractivity contribution in [2.45, 2.75) is 63.7 Å². The Balaban J connectivity index is 1.76. The molecule has 3 rings (SSSR count). The molecule has 1 aromatic heterocycles. The van der Waals surface area contributed by atoms with E-state index in [0.717, 1.165) is 43.9 Å². The number of carbonyl (C=O) groups excluding carboxylic acids is 2. The van der Waals surface area contributed by atoms with Crippen LogP contribution in [-0.2, 0) is 4.79 Å². The lowest BCUT2D eigenvalue weighted by Crippen LogP contribution is -2.43. The van der Waals surface area contributed by atoms with Gasteiger partial charge >= 0.3 is 6.03 Å². The maximum atomic E-state index is 13.5. The second-order valence-corrected chi connectivity index (χ2v) is 8.99. The summed E-state index contributed by atoms with van der Waals surface area (Å²) < 4.78 is 15.4. The number of amides is 3. The quantitative estimate of drug-likeness (QED) is 0.582. The third-order valence-electron chi connectivity index (χ3n) is 5.63. The minimum atomic E-state index is -0.510. The minimum Gasteiger partial charge on any atom is -0.335 e. The van der Waals surface area contributed by atoms with Gasteiger partial charge in [0.05, 0.1) is 11.8 Å². The molecule has 8 nitrogen and oxygen atoms in total. The Kier molecular flexibility index (Phi) is 8.63. The van der Waals surface area contributed by atoms with Crippen LogP contribution < -0.4 is 10.6 Å². The van der Waals surface area contributed by atoms with Crippen molar-refractivity contribution in [1.29, 1.82) is 0 Å². The van der Waals surface area contributed by atoms with Gasteiger partial charge in [-0.25, -0.2) is 9.18 Å². The normalized spacial score (nSPS) is 16.4. The summed E-state index contributed by atoms with van der Waals surface area (Å²) >= 11 is 1.19. The zero-order valence-electron chi connectivity index (χ0n) is 18.8. The molecule has 1 aromatic carbocycles. The summed E-state index contributed by atoms with van der Waals surface area (Å²) in [6, 6.07) is 5.64. The summed E-state index contributed by atoms with van der Waals surface area (Å²) in [4.78, 5) is 26.5. The van der Waals surface area contributed by atoms with Crippen molar-refractivity contribution < 1.29 is 14.0 Å². The lowest BCUT2D eigenvalue weighted by atomic mass is 10.1. The van der Waals surface area contributed by atoms with Gasteiger partial charge in [-0.2, -0.15) is 0 Å². The number of imide groups is 1. The number of rotatable bonds is 8. The number of hydrogen-bond donors (Lipinski definition) is 2. The minimum absolute atomic E-state index is 0.00531. The topological polar surface area (TPSA) is 92.2 Å². The van der Waals surface area contributed by atoms with E-state index in [4.69, 9.17) is 0 Å². The summed E-state index contributed by atoms with van der Waals surface area (Å²) in [6.45, 7) is 7.90. The van der Waals surface area contributed by atoms with Crippen molar-refractivity contribution in [3.05, 3.63) is 35.9 Å². The largest absolute Gasteiger partial charge is 0.335 e. The smallest absolute Gasteiger partial charge is 0.321 e. The third kappa shape index (κ3) is 6.29. The molecule has 1 saturated heterocycles. The number of thioether (sulfide) groups is 1. The second kappa shape index (κ2) is 11.4. The Morgan fingerprint density at radius 3 is 2.47 bits per heavy atom. The van der Waals surface area contributed by atoms with E-state index in [1.807, 2.05) is 18.4 Å². The highest BCUT2D eigenvalue weighted by molar-refractivity contribution is 7.99. The number of urea groups is 1. The fourth-order valence-corrected chi connectivity index (χ4v) is 4.36. The van der Waals surface area contributed by atoms with Gasteiger partial charge in [0.15, 0.2) is 11.0 Å². The molecule has 0 radical (unpaired) electrons. The average Bonchev–Trinajstić information content (AvgIpc) is 3.22. The van der Waals surface area contributed by atoms with Crippen LogP contribution in [0.15, 0.2) is 29.4 Å². The zero-order valence-corrected chi connectivity index (χ0v) is 19.6. The standard InChI is InChI=1S/C22H31FN6O2S/c1-4-15(2)24-21(31)25-19(30)14-32-22-27-26-20(16(3)28-12-6-5-7-13-28)29(22)18-10-8-17(23)9-11-18/h8-11,15-16H,4-7,12-14H2,1-3H3,(H2,24,25,30,31)/t15-,16-/m1/s1. The molecule has 0 spiro atoms. The van der Waals surface area contributed by atoms with Crippen LogP contribution in [0.25, 0.3) is 5.69 Å². The first-order valence-electron chi connectivity index (χ1n) is 11.1. The number of aromatic nitrogens is 3. The molecule has 174 valence electrons. The van der Waals surface area contributed by atoms with Gasteiger partial charge in [-0.05, 0) is 70.5 Å². The molecule has 1 fully saturated rings. The van der Waals surface area contributed by atoms with E-state index in [2.05, 4.69) is 32.7 Å². The van der Waals surface area contributed by atoms with Crippen molar-refractivity contribution in [3.63, 3.8) is 0 Å². The van der Waals surface area contributed by atoms with Crippen molar-refractivity contribution in [2.75, 3.05) is 18.8 Å². The lowest BCUT2D eigenvalue weighted by molar-refractivity contribution is -0.117. The highest BCUT2D eigenvalue weighted by Gasteiger charge is 2.26. The maximum Gasteiger partial charge on any atom is 0.321 e. The molecule has 0 saturated carbocycles. The highest BCUT2D eigenvalue weighted by Crippen LogP contribution is 2.29. The molecule has 3 amide bonds. The van der Waals surface area contributed by atoms with E-state index in [1.165, 1.54) is 30.3 Å². The van der Waals surface area contributed by atoms with E-state index in [0.29, 0.717) is 5.16 Å². The van der Waals surface area contributed by atoms with Crippen molar-refractivity contribution in [2.24, 2.45) is 0 Å². The molecule has 0 unspecified atom stereocenters. The molecule has 2 heterocycles. The van der Waals surface area contributed by atoms with Crippen LogP contribution in [0, 0.1) is 5.82 Å². The molecular formula is C22H31FN6O2S. The van der Waals surface area contributed by atoms with E-state index in [1.54, 1.807) is 12.1 Å². The maximum absolute atomic E-state index is 13.5. The molecular weight excluding hydrogens is 431 g/mol. The number of benzene rings is 1. The predicted molar refractivity (Wildman–Crippen MR) is 122 cm³/mol. The number of nitrogens with one attached hydrogen (secondary N) is 2. The predicted octanol–water partition coefficient (Wildman–Crippen LogP) is 3.67. The van der Waals surface area contributed by atoms with Crippen LogP contribution in [0.5, 0.6) is 0 Å². The number of hydrogen-bond acceptors (Lipinski definition) is 6. The highest BCUT2D eigenvalue weighted by atomic mass is 32.2. The molecule has 2 atom stereocenters. The summed E-state index contributed by atoms with van der Waals surface area (Å²) in [6.07, 6.45) is 4.30. The molecule has 0 bridgehead atoms. The first-order valence-corrected chi connectivity index (χ1v) is 12.1. The van der Waals surface area contributed by atoms with Crippen molar-refractivity contribution >= 4 is 23.7 Å². The molecule has 2 N–H and O–H groups in total. The summed E-state index contributed by atoms with van der Waals surface area (Å²) in [5.41, 5.74) is 0.729. The van der Waals surface area contributed by atoms with Crippen LogP contribution in [0.4, 0.5) is 9.18 Å². The molecule has 1 aliphatic rings. The SMILES string of the molecule is CC[C@@H](C)NC(=O)NC(=O)CSc1nnc([C@@H](C)N2CCCCC2)n1-c1ccc(F)cc1. The number of carbonyl (C=O) groups is 2. The number of piperidine rings is 1. The van der Waals surface area contributed by atoms with Crippen LogP contribution in [0.3, 0.4) is 0 Å². The van der Waals surface area contributed by atoms with E-state index in [-0.39, 0.29) is 23.7 Å². The van der Waals surface area contributed by atoms with Gasteiger partial charge in [0.1, 0.15) is 5.82 Å². The van der Waals surface area contributed by atoms with Gasteiger partial charge in [0, 0.05) is 11.7 Å². The van der Waals surface area contributed by atoms with Gasteiger partial charge in [-0.15, -0.1) is 10.2 Å². The second-order valence-electron chi connectivity index (χ2n) is 8.04. The number of halogens is 1. The third-order valence-corrected chi connectivity index (χ3v) is 6.56. The van der Waals surface area contributed by atoms with E-state index < -0.39 is 11.9 Å². The Morgan fingerprint density at radius 2 is 1.81 bits per heavy atom. The van der Waals surface area contributed by atoms with E-state index >= 15 is 0 Å². The fourth-order valence-electron chi connectivity index (χ4n) is 3.60. The monoisotopic (exact) mass is 462 g/mol. The van der Waals surface area contributed by atoms with Crippen LogP contribution in [-0.4, -0.2) is 56.5 Å². The molecule has 0 aliphatic carbocycles. The Bertz CT molecular complexity index is 914. The molecule has 32 heavy (non-hydrogen) atoms. The van der Waals surface area contributed by atoms with Crippen LogP contribution >= 0.6 is 11.8 Å². The van der Waals surface area contributed by atoms with Crippen molar-refractivity contribution in [3.8, 4) is 5.69 Å². The molecule has 10 heteroatoms. The van der Waals surface area contributed by atoms with Crippen LogP contribution in [0.2, 0.25) is 0 Å². The number of likely N-dealkylation sites (tertiary alicyclic amines) is 1. The van der Waals surface area contributed by atoms with Gasteiger partial charge in [-0.1, -0.05) is 25.1 Å². The first-order chi connectivity index (χ1) is 15.4. The zero-order chi connectivity index (χ0) is 23.1. The Morgan fingerprint density at radius 1 is 1.12 bits per heavy atom. The van der Waals surface area contributed by atoms with E-state index in [9.17, 15) is 14.0 Å². The lowest BCUT2D eigenvalue weighted by Gasteiger charge is -2.31. The number of nitrogens with zero attached hydrogens (tertiary/aromatic N) is 4. The average molecular weight is 463 g/mol. The van der Waals surface area contributed by atoms with Crippen molar-refractivity contribution in [1.82, 2.24) is 30.3 Å². The van der Waals surface area contributed by atoms with Crippen LogP contribution in [0.1, 0.15) is 58.3 Å². The van der Waals surface area contributed by atoms with Gasteiger partial charge in [0.25, 0.3) is 0 Å². The summed E-state index contributed by atoms with van der Waals surface area (Å²) in [5.74, 6) is 0.00473. The Labute approximate surface area is 192 Å². The summed E-state index contributed by atoms with van der Waals surface area (Å²) in [7, 11) is 0. The molecule has 1 aliphatic heterocycles. The van der Waals surface area contributed by atoms with Gasteiger partial charge in [0.2, 0.25) is 5.91 Å². The first kappa shape index (κ1) is 24.2. The van der Waals surface area contributed by atoms with Gasteiger partial charge in [-0.3, -0.25) is 19.6 Å². The molecule has 2 aromatic rings.